The lowest BCUT2D eigenvalue weighted by atomic mass is 9.88. The average Bonchev–Trinajstić information content (AvgIpc) is 3.47. The highest BCUT2D eigenvalue weighted by molar-refractivity contribution is 6.30. The normalized spacial score (nSPS) is 26.1. The van der Waals surface area contributed by atoms with Gasteiger partial charge in [-0.15, -0.1) is 0 Å². The van der Waals surface area contributed by atoms with Gasteiger partial charge < -0.3 is 4.90 Å². The van der Waals surface area contributed by atoms with Crippen LogP contribution in [0, 0.1) is 11.7 Å². The molecule has 4 heterocycles. The maximum absolute atomic E-state index is 14.8. The number of aromatic nitrogens is 1. The van der Waals surface area contributed by atoms with Crippen molar-refractivity contribution < 1.29 is 23.6 Å². The number of fused-ring (bicyclic) bond motifs is 2. The summed E-state index contributed by atoms with van der Waals surface area (Å²) in [5.41, 5.74) is 1.87. The van der Waals surface area contributed by atoms with Gasteiger partial charge in [0.1, 0.15) is 17.7 Å². The largest absolute Gasteiger partial charge is 0.322 e. The van der Waals surface area contributed by atoms with Crippen molar-refractivity contribution in [2.75, 3.05) is 11.4 Å². The Kier molecular flexibility index (Phi) is 5.02. The van der Waals surface area contributed by atoms with Crippen molar-refractivity contribution in [3.05, 3.63) is 57.5 Å². The number of hydrogen-bond acceptors (Lipinski definition) is 5. The predicted molar refractivity (Wildman–Crippen MR) is 128 cm³/mol. The number of rotatable bonds is 3. The molecule has 1 saturated heterocycles. The molecule has 8 nitrogen and oxygen atoms in total. The van der Waals surface area contributed by atoms with Crippen molar-refractivity contribution in [3.63, 3.8) is 0 Å². The van der Waals surface area contributed by atoms with Gasteiger partial charge in [0.2, 0.25) is 17.7 Å². The third-order valence-electron chi connectivity index (χ3n) is 7.83. The number of amides is 4. The zero-order valence-corrected chi connectivity index (χ0v) is 20.6. The summed E-state index contributed by atoms with van der Waals surface area (Å²) in [4.78, 5) is 58.1. The Balaban J connectivity index is 1.26. The lowest BCUT2D eigenvalue weighted by Crippen LogP contribution is -2.52. The minimum atomic E-state index is -0.826. The lowest BCUT2D eigenvalue weighted by Gasteiger charge is -2.29. The SMILES string of the molecule is CC1(C)CN(C(=O)[C@@H]2C[C@H]2c2ccc(F)c3c2CN([C@H]2CCC(=O)NC2=O)C3=O)c2ncc(Cl)cc21. The van der Waals surface area contributed by atoms with Gasteiger partial charge in [-0.1, -0.05) is 31.5 Å². The van der Waals surface area contributed by atoms with Crippen molar-refractivity contribution in [2.24, 2.45) is 5.92 Å². The quantitative estimate of drug-likeness (QED) is 0.640. The van der Waals surface area contributed by atoms with Crippen molar-refractivity contribution in [1.29, 1.82) is 0 Å². The van der Waals surface area contributed by atoms with Gasteiger partial charge >= 0.3 is 0 Å². The van der Waals surface area contributed by atoms with E-state index in [-0.39, 0.29) is 54.0 Å². The van der Waals surface area contributed by atoms with Gasteiger partial charge in [0.25, 0.3) is 5.91 Å². The molecule has 4 amide bonds. The molecular weight excluding hydrogens is 487 g/mol. The zero-order chi connectivity index (χ0) is 25.5. The van der Waals surface area contributed by atoms with Crippen molar-refractivity contribution in [1.82, 2.24) is 15.2 Å². The molecule has 0 bridgehead atoms. The van der Waals surface area contributed by atoms with Crippen LogP contribution < -0.4 is 10.2 Å². The molecule has 0 unspecified atom stereocenters. The Hall–Kier alpha value is -3.33. The van der Waals surface area contributed by atoms with Gasteiger partial charge in [-0.25, -0.2) is 9.37 Å². The van der Waals surface area contributed by atoms with Gasteiger partial charge in [0.15, 0.2) is 0 Å². The molecule has 1 aromatic carbocycles. The average molecular weight is 511 g/mol. The first-order chi connectivity index (χ1) is 17.1. The Morgan fingerprint density at radius 1 is 1.25 bits per heavy atom. The van der Waals surface area contributed by atoms with Crippen molar-refractivity contribution >= 4 is 41.0 Å². The van der Waals surface area contributed by atoms with Crippen LogP contribution in [0.4, 0.5) is 10.2 Å². The van der Waals surface area contributed by atoms with Crippen LogP contribution >= 0.6 is 11.6 Å². The number of imide groups is 1. The van der Waals surface area contributed by atoms with E-state index in [2.05, 4.69) is 10.3 Å². The molecule has 36 heavy (non-hydrogen) atoms. The Labute approximate surface area is 211 Å². The Morgan fingerprint density at radius 2 is 2.03 bits per heavy atom. The van der Waals surface area contributed by atoms with Gasteiger partial charge in [-0.2, -0.15) is 0 Å². The molecule has 10 heteroatoms. The molecular formula is C26H24ClFN4O4. The molecule has 2 aromatic rings. The summed E-state index contributed by atoms with van der Waals surface area (Å²) in [6.07, 6.45) is 2.45. The second-order valence-corrected chi connectivity index (χ2v) is 11.1. The first kappa shape index (κ1) is 23.1. The number of nitrogens with one attached hydrogen (secondary N) is 1. The third kappa shape index (κ3) is 3.43. The van der Waals surface area contributed by atoms with Crippen LogP contribution in [-0.4, -0.2) is 46.1 Å². The monoisotopic (exact) mass is 510 g/mol. The Bertz CT molecular complexity index is 1380. The van der Waals surface area contributed by atoms with Crippen LogP contribution in [0.25, 0.3) is 0 Å². The summed E-state index contributed by atoms with van der Waals surface area (Å²) in [7, 11) is 0. The van der Waals surface area contributed by atoms with Gasteiger partial charge in [0, 0.05) is 42.6 Å². The molecule has 1 saturated carbocycles. The highest BCUT2D eigenvalue weighted by Gasteiger charge is 2.52. The van der Waals surface area contributed by atoms with E-state index in [1.54, 1.807) is 11.0 Å². The summed E-state index contributed by atoms with van der Waals surface area (Å²) >= 11 is 6.15. The van der Waals surface area contributed by atoms with Crippen molar-refractivity contribution in [2.45, 2.75) is 57.0 Å². The summed E-state index contributed by atoms with van der Waals surface area (Å²) in [5, 5.41) is 2.78. The van der Waals surface area contributed by atoms with E-state index in [1.807, 2.05) is 19.9 Å². The van der Waals surface area contributed by atoms with E-state index >= 15 is 0 Å². The fourth-order valence-electron chi connectivity index (χ4n) is 5.90. The first-order valence-electron chi connectivity index (χ1n) is 12.0. The van der Waals surface area contributed by atoms with Gasteiger partial charge in [-0.05, 0) is 42.0 Å². The minimum absolute atomic E-state index is 0.0424. The highest BCUT2D eigenvalue weighted by atomic mass is 35.5. The molecule has 186 valence electrons. The third-order valence-corrected chi connectivity index (χ3v) is 8.04. The number of carbonyl (C=O) groups is 4. The molecule has 6 rings (SSSR count). The molecule has 0 spiro atoms. The smallest absolute Gasteiger partial charge is 0.258 e. The second-order valence-electron chi connectivity index (χ2n) is 10.7. The summed E-state index contributed by atoms with van der Waals surface area (Å²) in [6.45, 7) is 4.65. The number of anilines is 1. The van der Waals surface area contributed by atoms with E-state index < -0.39 is 23.7 Å². The molecule has 4 aliphatic rings. The molecule has 1 N–H and O–H groups in total. The standard InChI is InChI=1S/C26H24ClFN4O4/c1-26(2)11-32(22-17(26)7-12(27)9-29-22)24(35)15-8-14(15)13-3-4-18(28)21-16(13)10-31(25(21)36)19-5-6-20(33)30-23(19)34/h3-4,7,9,14-15,19H,5-6,8,10-11H2,1-2H3,(H,30,33,34)/t14-,15+,19-/m0/s1. The van der Waals surface area contributed by atoms with E-state index in [1.165, 1.54) is 17.2 Å². The lowest BCUT2D eigenvalue weighted by molar-refractivity contribution is -0.137. The maximum Gasteiger partial charge on any atom is 0.258 e. The summed E-state index contributed by atoms with van der Waals surface area (Å²) < 4.78 is 14.8. The predicted octanol–water partition coefficient (Wildman–Crippen LogP) is 3.06. The van der Waals surface area contributed by atoms with Crippen LogP contribution in [0.2, 0.25) is 5.02 Å². The first-order valence-corrected chi connectivity index (χ1v) is 12.4. The van der Waals surface area contributed by atoms with Gasteiger partial charge in [-0.3, -0.25) is 29.4 Å². The number of pyridine rings is 1. The topological polar surface area (TPSA) is 99.7 Å². The number of hydrogen-bond donors (Lipinski definition) is 1. The molecule has 2 fully saturated rings. The maximum atomic E-state index is 14.8. The summed E-state index contributed by atoms with van der Waals surface area (Å²) in [6, 6.07) is 3.93. The molecule has 3 atom stereocenters. The molecule has 3 aliphatic heterocycles. The van der Waals surface area contributed by atoms with Crippen LogP contribution in [0.3, 0.4) is 0 Å². The van der Waals surface area contributed by atoms with E-state index in [0.717, 1.165) is 11.1 Å². The van der Waals surface area contributed by atoms with Crippen LogP contribution in [0.5, 0.6) is 0 Å². The molecule has 1 aromatic heterocycles. The molecule has 1 aliphatic carbocycles. The minimum Gasteiger partial charge on any atom is -0.322 e. The number of nitrogens with zero attached hydrogens (tertiary/aromatic N) is 3. The second kappa shape index (κ2) is 7.83. The number of halogens is 2. The van der Waals surface area contributed by atoms with E-state index in [0.29, 0.717) is 29.4 Å². The van der Waals surface area contributed by atoms with E-state index in [4.69, 9.17) is 11.6 Å². The van der Waals surface area contributed by atoms with E-state index in [9.17, 15) is 23.6 Å². The zero-order valence-electron chi connectivity index (χ0n) is 19.8. The number of benzene rings is 1. The van der Waals surface area contributed by atoms with Crippen LogP contribution in [0.1, 0.15) is 66.1 Å². The summed E-state index contributed by atoms with van der Waals surface area (Å²) in [5.74, 6) is -2.02. The van der Waals surface area contributed by atoms with Gasteiger partial charge in [0.05, 0.1) is 10.6 Å². The Morgan fingerprint density at radius 3 is 2.78 bits per heavy atom. The number of carbonyl (C=O) groups excluding carboxylic acids is 4. The fourth-order valence-corrected chi connectivity index (χ4v) is 6.05. The number of piperidine rings is 1. The molecule has 0 radical (unpaired) electrons. The highest BCUT2D eigenvalue weighted by Crippen LogP contribution is 2.53. The van der Waals surface area contributed by atoms with Crippen molar-refractivity contribution in [3.8, 4) is 0 Å². The van der Waals surface area contributed by atoms with Crippen LogP contribution in [-0.2, 0) is 26.3 Å². The van der Waals surface area contributed by atoms with Crippen LogP contribution in [0.15, 0.2) is 24.4 Å². The fraction of sp³-hybridized carbons (Fsp3) is 0.423.